The lowest BCUT2D eigenvalue weighted by Gasteiger charge is -2.26. The highest BCUT2D eigenvalue weighted by Gasteiger charge is 2.15. The van der Waals surface area contributed by atoms with E-state index in [-0.39, 0.29) is 11.9 Å². The van der Waals surface area contributed by atoms with Gasteiger partial charge < -0.3 is 4.90 Å². The highest BCUT2D eigenvalue weighted by molar-refractivity contribution is 5.47. The van der Waals surface area contributed by atoms with Gasteiger partial charge in [0.15, 0.2) is 5.65 Å². The first kappa shape index (κ1) is 13.1. The fraction of sp³-hybridized carbons (Fsp3) is 0.200. The Kier molecular flexibility index (Phi) is 3.24. The van der Waals surface area contributed by atoms with Crippen LogP contribution in [0, 0.1) is 11.3 Å². The van der Waals surface area contributed by atoms with Gasteiger partial charge in [-0.2, -0.15) is 9.78 Å². The molecular weight excluding hydrogens is 264 g/mol. The fourth-order valence-corrected chi connectivity index (χ4v) is 2.19. The van der Waals surface area contributed by atoms with Gasteiger partial charge in [0, 0.05) is 7.05 Å². The molecule has 0 aliphatic carbocycles. The van der Waals surface area contributed by atoms with Gasteiger partial charge in [-0.05, 0) is 24.6 Å². The van der Waals surface area contributed by atoms with E-state index in [1.165, 1.54) is 10.1 Å². The average Bonchev–Trinajstić information content (AvgIpc) is 2.96. The number of nitrogens with zero attached hydrogens (tertiary/aromatic N) is 6. The van der Waals surface area contributed by atoms with Gasteiger partial charge >= 0.3 is 0 Å². The minimum Gasteiger partial charge on any atom is -0.351 e. The maximum absolute atomic E-state index is 9.01. The van der Waals surface area contributed by atoms with Crippen molar-refractivity contribution < 1.29 is 0 Å². The van der Waals surface area contributed by atoms with Crippen LogP contribution in [0.5, 0.6) is 0 Å². The predicted molar refractivity (Wildman–Crippen MR) is 78.8 cm³/mol. The Hall–Kier alpha value is -2.94. The quantitative estimate of drug-likeness (QED) is 0.734. The summed E-state index contributed by atoms with van der Waals surface area (Å²) in [6, 6.07) is 16.0. The lowest BCUT2D eigenvalue weighted by atomic mass is 10.1. The van der Waals surface area contributed by atoms with E-state index in [1.807, 2.05) is 43.4 Å². The SMILES string of the molecule is CC(c1ccccc1)N(C)c1ccc2nnc(C#N)n2n1. The number of rotatable bonds is 3. The molecular formula is C15H14N6. The molecule has 0 amide bonds. The van der Waals surface area contributed by atoms with Crippen LogP contribution in [-0.2, 0) is 0 Å². The summed E-state index contributed by atoms with van der Waals surface area (Å²) in [6.45, 7) is 2.11. The predicted octanol–water partition coefficient (Wildman–Crippen LogP) is 2.19. The van der Waals surface area contributed by atoms with E-state index in [4.69, 9.17) is 5.26 Å². The number of aromatic nitrogens is 4. The van der Waals surface area contributed by atoms with Crippen molar-refractivity contribution in [2.75, 3.05) is 11.9 Å². The van der Waals surface area contributed by atoms with E-state index in [0.717, 1.165) is 5.82 Å². The van der Waals surface area contributed by atoms with Crippen molar-refractivity contribution in [3.8, 4) is 6.07 Å². The maximum Gasteiger partial charge on any atom is 0.256 e. The highest BCUT2D eigenvalue weighted by Crippen LogP contribution is 2.23. The molecule has 2 aromatic heterocycles. The number of anilines is 1. The number of benzene rings is 1. The maximum atomic E-state index is 9.01. The monoisotopic (exact) mass is 278 g/mol. The summed E-state index contributed by atoms with van der Waals surface area (Å²) in [6.07, 6.45) is 0. The molecule has 0 saturated heterocycles. The number of hydrogen-bond acceptors (Lipinski definition) is 5. The fourth-order valence-electron chi connectivity index (χ4n) is 2.19. The Labute approximate surface area is 122 Å². The molecule has 3 rings (SSSR count). The lowest BCUT2D eigenvalue weighted by molar-refractivity contribution is 0.713. The Bertz CT molecular complexity index is 802. The Balaban J connectivity index is 1.98. The van der Waals surface area contributed by atoms with Gasteiger partial charge in [-0.25, -0.2) is 0 Å². The van der Waals surface area contributed by atoms with E-state index in [2.05, 4.69) is 39.3 Å². The van der Waals surface area contributed by atoms with E-state index < -0.39 is 0 Å². The van der Waals surface area contributed by atoms with Crippen LogP contribution >= 0.6 is 0 Å². The molecule has 1 aromatic carbocycles. The lowest BCUT2D eigenvalue weighted by Crippen LogP contribution is -2.23. The second-order valence-corrected chi connectivity index (χ2v) is 4.79. The third-order valence-electron chi connectivity index (χ3n) is 3.57. The van der Waals surface area contributed by atoms with Crippen LogP contribution in [0.2, 0.25) is 0 Å². The Morgan fingerprint density at radius 3 is 2.62 bits per heavy atom. The van der Waals surface area contributed by atoms with Crippen molar-refractivity contribution in [2.24, 2.45) is 0 Å². The standard InChI is InChI=1S/C15H14N6/c1-11(12-6-4-3-5-7-12)20(2)14-9-8-13-17-18-15(10-16)21(13)19-14/h3-9,11H,1-2H3. The smallest absolute Gasteiger partial charge is 0.256 e. The average molecular weight is 278 g/mol. The van der Waals surface area contributed by atoms with Crippen LogP contribution in [0.3, 0.4) is 0 Å². The van der Waals surface area contributed by atoms with Gasteiger partial charge in [0.25, 0.3) is 5.82 Å². The van der Waals surface area contributed by atoms with Crippen molar-refractivity contribution in [1.82, 2.24) is 19.8 Å². The molecule has 1 atom stereocenters. The van der Waals surface area contributed by atoms with E-state index >= 15 is 0 Å². The molecule has 0 aliphatic rings. The Morgan fingerprint density at radius 1 is 1.14 bits per heavy atom. The molecule has 1 unspecified atom stereocenters. The van der Waals surface area contributed by atoms with Crippen LogP contribution in [-0.4, -0.2) is 26.9 Å². The molecule has 21 heavy (non-hydrogen) atoms. The third-order valence-corrected chi connectivity index (χ3v) is 3.57. The molecule has 0 bridgehead atoms. The molecule has 0 saturated carbocycles. The summed E-state index contributed by atoms with van der Waals surface area (Å²) >= 11 is 0. The minimum absolute atomic E-state index is 0.165. The number of fused-ring (bicyclic) bond motifs is 1. The zero-order chi connectivity index (χ0) is 14.8. The topological polar surface area (TPSA) is 70.1 Å². The van der Waals surface area contributed by atoms with Gasteiger partial charge in [-0.1, -0.05) is 30.3 Å². The summed E-state index contributed by atoms with van der Waals surface area (Å²) in [5.41, 5.74) is 1.77. The first-order valence-electron chi connectivity index (χ1n) is 6.61. The zero-order valence-electron chi connectivity index (χ0n) is 11.8. The summed E-state index contributed by atoms with van der Waals surface area (Å²) < 4.78 is 1.46. The van der Waals surface area contributed by atoms with Crippen LogP contribution < -0.4 is 4.90 Å². The molecule has 0 radical (unpaired) electrons. The molecule has 0 fully saturated rings. The summed E-state index contributed by atoms with van der Waals surface area (Å²) in [7, 11) is 1.97. The van der Waals surface area contributed by atoms with Crippen LogP contribution in [0.4, 0.5) is 5.82 Å². The minimum atomic E-state index is 0.165. The van der Waals surface area contributed by atoms with Crippen LogP contribution in [0.15, 0.2) is 42.5 Å². The molecule has 6 heteroatoms. The first-order chi connectivity index (χ1) is 10.2. The molecule has 3 aromatic rings. The normalized spacial score (nSPS) is 12.0. The van der Waals surface area contributed by atoms with Gasteiger partial charge in [-0.3, -0.25) is 0 Å². The van der Waals surface area contributed by atoms with Crippen molar-refractivity contribution in [1.29, 1.82) is 5.26 Å². The summed E-state index contributed by atoms with van der Waals surface area (Å²) in [5, 5.41) is 21.2. The molecule has 2 heterocycles. The second kappa shape index (κ2) is 5.21. The summed E-state index contributed by atoms with van der Waals surface area (Å²) in [5.74, 6) is 0.947. The van der Waals surface area contributed by atoms with Crippen LogP contribution in [0.1, 0.15) is 24.4 Å². The third kappa shape index (κ3) is 2.30. The van der Waals surface area contributed by atoms with Crippen LogP contribution in [0.25, 0.3) is 5.65 Å². The second-order valence-electron chi connectivity index (χ2n) is 4.79. The number of hydrogen-bond donors (Lipinski definition) is 0. The van der Waals surface area contributed by atoms with Gasteiger partial charge in [0.2, 0.25) is 0 Å². The van der Waals surface area contributed by atoms with Crippen molar-refractivity contribution in [2.45, 2.75) is 13.0 Å². The van der Waals surface area contributed by atoms with Gasteiger partial charge in [0.05, 0.1) is 6.04 Å². The van der Waals surface area contributed by atoms with E-state index in [9.17, 15) is 0 Å². The number of nitriles is 1. The summed E-state index contributed by atoms with van der Waals surface area (Å²) in [4.78, 5) is 2.05. The van der Waals surface area contributed by atoms with Gasteiger partial charge in [0.1, 0.15) is 11.9 Å². The molecule has 104 valence electrons. The Morgan fingerprint density at radius 2 is 1.90 bits per heavy atom. The molecule has 0 spiro atoms. The van der Waals surface area contributed by atoms with Gasteiger partial charge in [-0.15, -0.1) is 15.3 Å². The zero-order valence-corrected chi connectivity index (χ0v) is 11.8. The molecule has 6 nitrogen and oxygen atoms in total. The van der Waals surface area contributed by atoms with E-state index in [1.54, 1.807) is 0 Å². The van der Waals surface area contributed by atoms with E-state index in [0.29, 0.717) is 5.65 Å². The largest absolute Gasteiger partial charge is 0.351 e. The van der Waals surface area contributed by atoms with Crippen molar-refractivity contribution >= 4 is 11.5 Å². The highest BCUT2D eigenvalue weighted by atomic mass is 15.4. The van der Waals surface area contributed by atoms with Crippen molar-refractivity contribution in [3.63, 3.8) is 0 Å². The first-order valence-corrected chi connectivity index (χ1v) is 6.61. The molecule has 0 N–H and O–H groups in total. The van der Waals surface area contributed by atoms with Crippen molar-refractivity contribution in [3.05, 3.63) is 53.9 Å². The molecule has 0 aliphatic heterocycles.